The van der Waals surface area contributed by atoms with Crippen LogP contribution < -0.4 is 113 Å². The van der Waals surface area contributed by atoms with Gasteiger partial charge in [-0.3, -0.25) is 9.47 Å². The molecule has 218 valence electrons. The number of carboxylic acid groups (broad SMARTS) is 2. The molecular weight excluding hydrogens is 672 g/mol. The first-order valence-corrected chi connectivity index (χ1v) is 7.99. The molecule has 26 heteroatoms. The third-order valence-electron chi connectivity index (χ3n) is 4.48. The van der Waals surface area contributed by atoms with Crippen LogP contribution in [-0.4, -0.2) is 71.4 Å². The molecule has 39 heavy (non-hydrogen) atoms. The van der Waals surface area contributed by atoms with Crippen LogP contribution in [0.5, 0.6) is 0 Å². The zero-order valence-electron chi connectivity index (χ0n) is 18.0. The van der Waals surface area contributed by atoms with E-state index in [4.69, 9.17) is 0 Å². The van der Waals surface area contributed by atoms with E-state index in [1.165, 1.54) is 0 Å². The monoisotopic (exact) mass is 674 g/mol. The number of carbonyl (C=O) groups is 2. The number of carbonyl (C=O) groups excluding carboxylic acids is 2. The van der Waals surface area contributed by atoms with Gasteiger partial charge in [0.15, 0.2) is 0 Å². The Bertz CT molecular complexity index is 915. The summed E-state index contributed by atoms with van der Waals surface area (Å²) in [5, 5.41) is 20.8. The maximum absolute atomic E-state index is 15.0. The molecule has 1 fully saturated rings. The van der Waals surface area contributed by atoms with Crippen LogP contribution >= 0.6 is 0 Å². The largest absolute Gasteiger partial charge is 1.00 e. The molecule has 6 nitrogen and oxygen atoms in total. The molecule has 0 aromatic carbocycles. The van der Waals surface area contributed by atoms with Crippen LogP contribution in [0.2, 0.25) is 0 Å². The normalized spacial score (nSPS) is 28.4. The average Bonchev–Trinajstić information content (AvgIpc) is 2.63. The molecule has 0 heterocycles. The SMILES string of the molecule is O=C([O-])C(F)(OC(F)(OC(F)(C(=O)[O-])C(F)(F)F)C1(F)CC(F)(F)C(F)(F)C(F)(F)C1(F)F)C(F)(F)F.[K+].[K+]. The average molecular weight is 674 g/mol. The number of halogens is 18. The van der Waals surface area contributed by atoms with Gasteiger partial charge in [0.25, 0.3) is 5.67 Å². The van der Waals surface area contributed by atoms with Gasteiger partial charge in [-0.05, 0) is 0 Å². The predicted octanol–water partition coefficient (Wildman–Crippen LogP) is -3.74. The van der Waals surface area contributed by atoms with Crippen LogP contribution in [0.15, 0.2) is 0 Å². The third-order valence-corrected chi connectivity index (χ3v) is 4.48. The zero-order valence-corrected chi connectivity index (χ0v) is 24.2. The summed E-state index contributed by atoms with van der Waals surface area (Å²) < 4.78 is 246. The van der Waals surface area contributed by atoms with Gasteiger partial charge in [0, 0.05) is 0 Å². The van der Waals surface area contributed by atoms with Crippen molar-refractivity contribution in [1.82, 2.24) is 0 Å². The molecule has 0 bridgehead atoms. The minimum atomic E-state index is -8.18. The molecule has 0 aromatic rings. The molecule has 0 aliphatic heterocycles. The van der Waals surface area contributed by atoms with Crippen molar-refractivity contribution >= 4 is 11.9 Å². The van der Waals surface area contributed by atoms with Crippen LogP contribution in [0.3, 0.4) is 0 Å². The van der Waals surface area contributed by atoms with Crippen molar-refractivity contribution < 1.29 is 211 Å². The maximum Gasteiger partial charge on any atom is 1.00 e. The molecule has 0 N–H and O–H groups in total. The van der Waals surface area contributed by atoms with E-state index in [9.17, 15) is 98.8 Å². The summed E-state index contributed by atoms with van der Waals surface area (Å²) in [5.41, 5.74) is -7.81. The Balaban J connectivity index is 0. The van der Waals surface area contributed by atoms with Gasteiger partial charge >= 0.3 is 157 Å². The molecule has 1 aliphatic rings. The van der Waals surface area contributed by atoms with Crippen molar-refractivity contribution in [1.29, 1.82) is 0 Å². The fraction of sp³-hybridized carbons (Fsp3) is 0.846. The van der Waals surface area contributed by atoms with Crippen molar-refractivity contribution in [3.8, 4) is 0 Å². The van der Waals surface area contributed by atoms with Crippen LogP contribution in [0.25, 0.3) is 0 Å². The summed E-state index contributed by atoms with van der Waals surface area (Å²) in [6.07, 6.45) is -20.1. The van der Waals surface area contributed by atoms with Gasteiger partial charge < -0.3 is 19.8 Å². The smallest absolute Gasteiger partial charge is 0.544 e. The minimum absolute atomic E-state index is 0. The fourth-order valence-corrected chi connectivity index (χ4v) is 2.47. The standard InChI is InChI=1S/C13H4F18O6.2K/c14-4(1-5(15,16)9(21,22)10(23,24)8(4,19)20)13(31,36-6(17,2(32)33)11(25,26)27)37-7(18,3(34)35)12(28,29)30;;/h1H2,(H,32,33)(H,34,35);;/q;2*+1/p-2. The van der Waals surface area contributed by atoms with Gasteiger partial charge in [-0.25, -0.2) is 4.39 Å². The summed E-state index contributed by atoms with van der Waals surface area (Å²) in [4.78, 5) is 20.8. The molecule has 3 atom stereocenters. The Morgan fingerprint density at radius 1 is 0.564 bits per heavy atom. The van der Waals surface area contributed by atoms with E-state index in [0.29, 0.717) is 0 Å². The molecular formula is C13H2F18K2O6. The molecule has 0 amide bonds. The van der Waals surface area contributed by atoms with Gasteiger partial charge in [0.05, 0.1) is 6.42 Å². The Kier molecular flexibility index (Phi) is 12.3. The summed E-state index contributed by atoms with van der Waals surface area (Å²) in [5.74, 6) is -55.6. The van der Waals surface area contributed by atoms with Crippen molar-refractivity contribution in [2.75, 3.05) is 0 Å². The van der Waals surface area contributed by atoms with Gasteiger partial charge in [0.2, 0.25) is 0 Å². The summed E-state index contributed by atoms with van der Waals surface area (Å²) >= 11 is 0. The molecule has 0 radical (unpaired) electrons. The molecule has 1 saturated carbocycles. The zero-order chi connectivity index (χ0) is 30.3. The number of aliphatic carboxylic acids is 2. The van der Waals surface area contributed by atoms with Crippen LogP contribution in [0.4, 0.5) is 79.0 Å². The maximum atomic E-state index is 15.0. The number of ether oxygens (including phenoxy) is 2. The number of alkyl halides is 18. The van der Waals surface area contributed by atoms with Crippen LogP contribution in [0.1, 0.15) is 6.42 Å². The Morgan fingerprint density at radius 3 is 1.08 bits per heavy atom. The van der Waals surface area contributed by atoms with Crippen molar-refractivity contribution in [3.63, 3.8) is 0 Å². The molecule has 3 unspecified atom stereocenters. The second-order valence-electron chi connectivity index (χ2n) is 6.91. The van der Waals surface area contributed by atoms with E-state index in [1.54, 1.807) is 9.47 Å². The first-order valence-electron chi connectivity index (χ1n) is 7.99. The van der Waals surface area contributed by atoms with E-state index in [2.05, 4.69) is 0 Å². The van der Waals surface area contributed by atoms with E-state index >= 15 is 0 Å². The van der Waals surface area contributed by atoms with E-state index in [0.717, 1.165) is 0 Å². The Labute approximate surface area is 285 Å². The quantitative estimate of drug-likeness (QED) is 0.157. The van der Waals surface area contributed by atoms with Gasteiger partial charge in [-0.2, -0.15) is 74.6 Å². The molecule has 1 rings (SSSR count). The summed E-state index contributed by atoms with van der Waals surface area (Å²) in [6, 6.07) is -8.07. The number of hydrogen-bond acceptors (Lipinski definition) is 6. The first-order chi connectivity index (χ1) is 15.8. The molecule has 0 spiro atoms. The van der Waals surface area contributed by atoms with E-state index in [1.807, 2.05) is 0 Å². The second kappa shape index (κ2) is 11.4. The summed E-state index contributed by atoms with van der Waals surface area (Å²) in [7, 11) is 0. The van der Waals surface area contributed by atoms with Crippen LogP contribution in [0, 0.1) is 0 Å². The Morgan fingerprint density at radius 2 is 0.846 bits per heavy atom. The topological polar surface area (TPSA) is 98.7 Å². The number of carboxylic acids is 2. The van der Waals surface area contributed by atoms with Crippen molar-refractivity contribution in [3.05, 3.63) is 0 Å². The minimum Gasteiger partial charge on any atom is -0.544 e. The summed E-state index contributed by atoms with van der Waals surface area (Å²) in [6.45, 7) is 0. The van der Waals surface area contributed by atoms with Crippen molar-refractivity contribution in [2.24, 2.45) is 0 Å². The third kappa shape index (κ3) is 6.00. The van der Waals surface area contributed by atoms with E-state index < -0.39 is 77.8 Å². The fourth-order valence-electron chi connectivity index (χ4n) is 2.47. The first kappa shape index (κ1) is 42.0. The van der Waals surface area contributed by atoms with E-state index in [-0.39, 0.29) is 103 Å². The van der Waals surface area contributed by atoms with Gasteiger partial charge in [-0.15, -0.1) is 0 Å². The Hall–Kier alpha value is 0.873. The molecule has 1 aliphatic carbocycles. The number of hydrogen-bond donors (Lipinski definition) is 0. The second-order valence-corrected chi connectivity index (χ2v) is 6.91. The molecule has 0 aromatic heterocycles. The van der Waals surface area contributed by atoms with Crippen LogP contribution in [-0.2, 0) is 19.1 Å². The van der Waals surface area contributed by atoms with Crippen molar-refractivity contribution in [2.45, 2.75) is 65.9 Å². The number of rotatable bonds is 7. The van der Waals surface area contributed by atoms with Gasteiger partial charge in [-0.1, -0.05) is 0 Å². The molecule has 0 saturated heterocycles. The predicted molar refractivity (Wildman–Crippen MR) is 64.1 cm³/mol. The van der Waals surface area contributed by atoms with Gasteiger partial charge in [0.1, 0.15) is 11.9 Å².